The molecule has 1 unspecified atom stereocenters. The van der Waals surface area contributed by atoms with Crippen LogP contribution in [0.5, 0.6) is 0 Å². The minimum Gasteiger partial charge on any atom is -0.768 e. The van der Waals surface area contributed by atoms with Gasteiger partial charge in [-0.25, -0.2) is 0 Å². The Labute approximate surface area is 92.2 Å². The van der Waals surface area contributed by atoms with E-state index in [1.54, 1.807) is 38.4 Å². The van der Waals surface area contributed by atoms with Gasteiger partial charge in [0.2, 0.25) is 6.41 Å². The first kappa shape index (κ1) is 13.8. The van der Waals surface area contributed by atoms with Crippen molar-refractivity contribution in [1.29, 1.82) is 0 Å². The molecule has 1 atom stereocenters. The van der Waals surface area contributed by atoms with E-state index in [-0.39, 0.29) is 0 Å². The molecule has 1 amide bonds. The highest BCUT2D eigenvalue weighted by Crippen LogP contribution is 2.05. The Balaban J connectivity index is 0.000000336. The number of carbonyl (C=O) groups excluding carboxylic acids is 1. The number of rotatable bonds is 2. The van der Waals surface area contributed by atoms with Gasteiger partial charge in [0.05, 0.1) is 0 Å². The molecule has 1 rings (SSSR count). The van der Waals surface area contributed by atoms with Crippen LogP contribution in [0, 0.1) is 6.92 Å². The summed E-state index contributed by atoms with van der Waals surface area (Å²) in [5, 5.41) is 0. The van der Waals surface area contributed by atoms with Crippen LogP contribution in [0.15, 0.2) is 29.2 Å². The van der Waals surface area contributed by atoms with Gasteiger partial charge >= 0.3 is 0 Å². The third-order valence-corrected chi connectivity index (χ3v) is 2.08. The van der Waals surface area contributed by atoms with Gasteiger partial charge in [0.15, 0.2) is 0 Å². The number of hydrogen-bond donors (Lipinski definition) is 0. The molecular formula is C10H14NO3S-. The standard InChI is InChI=1S/C7H8O2S.C3H7NO/c1-6-2-4-7(5-3-6)10(8)9;1-4(2)3-5/h2-5H,1H3,(H,8,9);3H,1-2H3/p-1. The molecule has 0 N–H and O–H groups in total. The van der Waals surface area contributed by atoms with Crippen molar-refractivity contribution in [2.45, 2.75) is 11.8 Å². The van der Waals surface area contributed by atoms with Crippen LogP contribution >= 0.6 is 0 Å². The van der Waals surface area contributed by atoms with E-state index in [9.17, 15) is 13.6 Å². The van der Waals surface area contributed by atoms with E-state index in [0.717, 1.165) is 12.0 Å². The van der Waals surface area contributed by atoms with Crippen molar-refractivity contribution in [3.63, 3.8) is 0 Å². The predicted octanol–water partition coefficient (Wildman–Crippen LogP) is 0.937. The third kappa shape index (κ3) is 6.82. The second-order valence-corrected chi connectivity index (χ2v) is 4.06. The minimum absolute atomic E-state index is 0.339. The van der Waals surface area contributed by atoms with Gasteiger partial charge in [-0.2, -0.15) is 0 Å². The number of hydrogen-bond acceptors (Lipinski definition) is 3. The average Bonchev–Trinajstić information content (AvgIpc) is 2.19. The zero-order valence-corrected chi connectivity index (χ0v) is 9.78. The van der Waals surface area contributed by atoms with E-state index in [4.69, 9.17) is 0 Å². The van der Waals surface area contributed by atoms with Crippen molar-refractivity contribution in [2.24, 2.45) is 0 Å². The highest BCUT2D eigenvalue weighted by Gasteiger charge is 1.88. The summed E-state index contributed by atoms with van der Waals surface area (Å²) in [7, 11) is 3.38. The highest BCUT2D eigenvalue weighted by molar-refractivity contribution is 7.79. The van der Waals surface area contributed by atoms with Crippen LogP contribution in [0.4, 0.5) is 0 Å². The van der Waals surface area contributed by atoms with Gasteiger partial charge in [-0.05, 0) is 30.1 Å². The molecule has 0 radical (unpaired) electrons. The fraction of sp³-hybridized carbons (Fsp3) is 0.300. The summed E-state index contributed by atoms with van der Waals surface area (Å²) in [6.45, 7) is 1.91. The van der Waals surface area contributed by atoms with Gasteiger partial charge in [0.25, 0.3) is 0 Å². The lowest BCUT2D eigenvalue weighted by molar-refractivity contribution is -0.115. The zero-order valence-electron chi connectivity index (χ0n) is 8.97. The molecule has 1 aromatic carbocycles. The fourth-order valence-corrected chi connectivity index (χ4v) is 1.01. The van der Waals surface area contributed by atoms with Crippen LogP contribution in [0.3, 0.4) is 0 Å². The summed E-state index contributed by atoms with van der Waals surface area (Å²) in [6, 6.07) is 6.70. The molecule has 0 spiro atoms. The molecule has 0 aliphatic rings. The van der Waals surface area contributed by atoms with E-state index in [0.29, 0.717) is 4.90 Å². The molecule has 15 heavy (non-hydrogen) atoms. The Morgan fingerprint density at radius 3 is 1.93 bits per heavy atom. The van der Waals surface area contributed by atoms with E-state index >= 15 is 0 Å². The fourth-order valence-electron chi connectivity index (χ4n) is 0.649. The lowest BCUT2D eigenvalue weighted by Crippen LogP contribution is -2.06. The van der Waals surface area contributed by atoms with E-state index < -0.39 is 11.1 Å². The Morgan fingerprint density at radius 2 is 1.67 bits per heavy atom. The molecule has 1 aromatic rings. The van der Waals surface area contributed by atoms with E-state index in [1.165, 1.54) is 4.90 Å². The van der Waals surface area contributed by atoms with Crippen molar-refractivity contribution >= 4 is 17.5 Å². The van der Waals surface area contributed by atoms with Crippen LogP contribution < -0.4 is 0 Å². The lowest BCUT2D eigenvalue weighted by atomic mass is 10.2. The summed E-state index contributed by atoms with van der Waals surface area (Å²) in [5.74, 6) is 0. The molecule has 0 saturated carbocycles. The van der Waals surface area contributed by atoms with Crippen molar-refractivity contribution in [3.05, 3.63) is 29.8 Å². The van der Waals surface area contributed by atoms with Gasteiger partial charge in [-0.3, -0.25) is 9.00 Å². The van der Waals surface area contributed by atoms with Crippen LogP contribution in [0.1, 0.15) is 5.56 Å². The molecule has 5 heteroatoms. The molecule has 0 aromatic heterocycles. The van der Waals surface area contributed by atoms with Gasteiger partial charge in [-0.15, -0.1) is 0 Å². The van der Waals surface area contributed by atoms with E-state index in [1.807, 2.05) is 6.92 Å². The molecular weight excluding hydrogens is 214 g/mol. The largest absolute Gasteiger partial charge is 0.768 e. The monoisotopic (exact) mass is 228 g/mol. The molecule has 0 bridgehead atoms. The maximum Gasteiger partial charge on any atom is 0.209 e. The second kappa shape index (κ2) is 7.14. The van der Waals surface area contributed by atoms with Crippen LogP contribution in [0.2, 0.25) is 0 Å². The van der Waals surface area contributed by atoms with Crippen LogP contribution in [0.25, 0.3) is 0 Å². The number of nitrogens with zero attached hydrogens (tertiary/aromatic N) is 1. The highest BCUT2D eigenvalue weighted by atomic mass is 32.2. The first-order valence-electron chi connectivity index (χ1n) is 4.25. The lowest BCUT2D eigenvalue weighted by Gasteiger charge is -2.03. The minimum atomic E-state index is -2.09. The normalized spacial score (nSPS) is 10.9. The zero-order chi connectivity index (χ0) is 11.8. The SMILES string of the molecule is CN(C)C=O.Cc1ccc(S(=O)[O-])cc1. The summed E-state index contributed by atoms with van der Waals surface area (Å²) < 4.78 is 20.6. The van der Waals surface area contributed by atoms with Crippen molar-refractivity contribution in [1.82, 2.24) is 4.90 Å². The second-order valence-electron chi connectivity index (χ2n) is 3.12. The molecule has 0 aliphatic carbocycles. The Hall–Kier alpha value is -1.20. The van der Waals surface area contributed by atoms with Crippen molar-refractivity contribution in [2.75, 3.05) is 14.1 Å². The number of amides is 1. The summed E-state index contributed by atoms with van der Waals surface area (Å²) in [6.07, 6.45) is 0.750. The number of benzene rings is 1. The quantitative estimate of drug-likeness (QED) is 0.559. The summed E-state index contributed by atoms with van der Waals surface area (Å²) >= 11 is -2.09. The summed E-state index contributed by atoms with van der Waals surface area (Å²) in [5.41, 5.74) is 1.06. The van der Waals surface area contributed by atoms with Gasteiger partial charge in [0, 0.05) is 19.0 Å². The molecule has 0 saturated heterocycles. The molecule has 0 aliphatic heterocycles. The maximum absolute atomic E-state index is 10.3. The van der Waals surface area contributed by atoms with Gasteiger partial charge in [-0.1, -0.05) is 17.7 Å². The number of carbonyl (C=O) groups is 1. The summed E-state index contributed by atoms with van der Waals surface area (Å²) in [4.78, 5) is 11.2. The molecule has 84 valence electrons. The van der Waals surface area contributed by atoms with Gasteiger partial charge in [0.1, 0.15) is 0 Å². The Bertz CT molecular complexity index is 322. The van der Waals surface area contributed by atoms with Crippen molar-refractivity contribution < 1.29 is 13.6 Å². The molecule has 0 fully saturated rings. The smallest absolute Gasteiger partial charge is 0.209 e. The molecule has 4 nitrogen and oxygen atoms in total. The first-order valence-corrected chi connectivity index (χ1v) is 5.32. The van der Waals surface area contributed by atoms with Gasteiger partial charge < -0.3 is 9.45 Å². The van der Waals surface area contributed by atoms with Crippen molar-refractivity contribution in [3.8, 4) is 0 Å². The third-order valence-electron chi connectivity index (χ3n) is 1.42. The topological polar surface area (TPSA) is 60.4 Å². The predicted molar refractivity (Wildman–Crippen MR) is 58.1 cm³/mol. The first-order chi connectivity index (χ1) is 6.97. The van der Waals surface area contributed by atoms with Crippen LogP contribution in [-0.2, 0) is 15.9 Å². The Kier molecular flexibility index (Phi) is 6.57. The van der Waals surface area contributed by atoms with Crippen LogP contribution in [-0.4, -0.2) is 34.2 Å². The average molecular weight is 228 g/mol. The molecule has 0 heterocycles. The maximum atomic E-state index is 10.3. The van der Waals surface area contributed by atoms with E-state index in [2.05, 4.69) is 0 Å². The Morgan fingerprint density at radius 1 is 1.27 bits per heavy atom. The number of aryl methyl sites for hydroxylation is 1.